The molecule has 2 aromatic carbocycles. The van der Waals surface area contributed by atoms with Gasteiger partial charge in [0.05, 0.1) is 0 Å². The molecule has 1 atom stereocenters. The zero-order valence-electron chi connectivity index (χ0n) is 13.1. The highest BCUT2D eigenvalue weighted by Gasteiger charge is 2.24. The molecule has 2 heterocycles. The largest absolute Gasteiger partial charge is 0.484 e. The first kappa shape index (κ1) is 16.3. The van der Waals surface area contributed by atoms with Gasteiger partial charge in [-0.1, -0.05) is 36.4 Å². The number of fused-ring (bicyclic) bond motifs is 2. The van der Waals surface area contributed by atoms with Crippen molar-refractivity contribution in [3.8, 4) is 5.75 Å². The van der Waals surface area contributed by atoms with E-state index in [1.165, 1.54) is 21.2 Å². The van der Waals surface area contributed by atoms with Gasteiger partial charge in [0, 0.05) is 28.9 Å². The molecule has 4 rings (SSSR count). The van der Waals surface area contributed by atoms with Gasteiger partial charge in [-0.3, -0.25) is 0 Å². The highest BCUT2D eigenvalue weighted by atomic mass is 35.5. The first-order chi connectivity index (χ1) is 10.8. The lowest BCUT2D eigenvalue weighted by atomic mass is 10.1. The summed E-state index contributed by atoms with van der Waals surface area (Å²) in [7, 11) is 2.18. The molecule has 0 saturated carbocycles. The van der Waals surface area contributed by atoms with Crippen LogP contribution in [0.25, 0.3) is 10.8 Å². The van der Waals surface area contributed by atoms with Gasteiger partial charge < -0.3 is 9.64 Å². The smallest absolute Gasteiger partial charge is 0.137 e. The van der Waals surface area contributed by atoms with Crippen LogP contribution in [0.3, 0.4) is 0 Å². The van der Waals surface area contributed by atoms with E-state index in [1.54, 1.807) is 0 Å². The van der Waals surface area contributed by atoms with Crippen LogP contribution in [0.1, 0.15) is 16.5 Å². The molecule has 0 amide bonds. The summed E-state index contributed by atoms with van der Waals surface area (Å²) in [5, 5.41) is 4.61. The predicted octanol–water partition coefficient (Wildman–Crippen LogP) is 4.93. The molecule has 23 heavy (non-hydrogen) atoms. The number of likely N-dealkylation sites (N-methyl/N-ethyl adjacent to an activating group) is 1. The van der Waals surface area contributed by atoms with Crippen molar-refractivity contribution in [1.29, 1.82) is 0 Å². The summed E-state index contributed by atoms with van der Waals surface area (Å²) in [6.07, 6.45) is 1.23. The number of rotatable bonds is 2. The second-order valence-electron chi connectivity index (χ2n) is 5.90. The molecule has 3 aromatic rings. The van der Waals surface area contributed by atoms with E-state index in [2.05, 4.69) is 65.9 Å². The molecule has 0 saturated heterocycles. The van der Waals surface area contributed by atoms with E-state index < -0.39 is 0 Å². The van der Waals surface area contributed by atoms with Crippen LogP contribution in [0.4, 0.5) is 0 Å². The lowest BCUT2D eigenvalue weighted by Crippen LogP contribution is -2.26. The highest BCUT2D eigenvalue weighted by molar-refractivity contribution is 7.10. The minimum absolute atomic E-state index is 0. The van der Waals surface area contributed by atoms with Crippen LogP contribution >= 0.6 is 23.7 Å². The lowest BCUT2D eigenvalue weighted by Gasteiger charge is -2.23. The number of thiophene rings is 1. The molecule has 1 unspecified atom stereocenters. The van der Waals surface area contributed by atoms with Gasteiger partial charge in [-0.2, -0.15) is 0 Å². The number of halogens is 1. The third-order valence-corrected chi connectivity index (χ3v) is 5.34. The second-order valence-corrected chi connectivity index (χ2v) is 6.90. The molecule has 4 heteroatoms. The van der Waals surface area contributed by atoms with Crippen molar-refractivity contribution in [3.63, 3.8) is 0 Å². The molecule has 0 radical (unpaired) electrons. The Kier molecular flexibility index (Phi) is 4.90. The van der Waals surface area contributed by atoms with Crippen LogP contribution in [0, 0.1) is 0 Å². The Balaban J connectivity index is 0.00000156. The van der Waals surface area contributed by atoms with Crippen molar-refractivity contribution >= 4 is 34.5 Å². The van der Waals surface area contributed by atoms with E-state index in [4.69, 9.17) is 4.74 Å². The van der Waals surface area contributed by atoms with E-state index in [9.17, 15) is 0 Å². The molecular weight excluding hydrogens is 326 g/mol. The highest BCUT2D eigenvalue weighted by Crippen LogP contribution is 2.34. The van der Waals surface area contributed by atoms with Gasteiger partial charge in [0.25, 0.3) is 0 Å². The number of benzene rings is 2. The third kappa shape index (κ3) is 3.23. The summed E-state index contributed by atoms with van der Waals surface area (Å²) in [4.78, 5) is 3.83. The van der Waals surface area contributed by atoms with Crippen molar-refractivity contribution in [1.82, 2.24) is 4.90 Å². The first-order valence-corrected chi connectivity index (χ1v) is 8.58. The first-order valence-electron chi connectivity index (χ1n) is 7.70. The maximum absolute atomic E-state index is 6.47. The summed E-state index contributed by atoms with van der Waals surface area (Å²) in [6, 6.07) is 16.9. The summed E-state index contributed by atoms with van der Waals surface area (Å²) >= 11 is 1.85. The molecule has 1 aliphatic rings. The topological polar surface area (TPSA) is 12.5 Å². The van der Waals surface area contributed by atoms with Gasteiger partial charge in [-0.05, 0) is 36.4 Å². The quantitative estimate of drug-likeness (QED) is 0.653. The zero-order valence-corrected chi connectivity index (χ0v) is 14.7. The maximum Gasteiger partial charge on any atom is 0.137 e. The van der Waals surface area contributed by atoms with E-state index in [-0.39, 0.29) is 18.5 Å². The van der Waals surface area contributed by atoms with Crippen LogP contribution in [0.15, 0.2) is 53.9 Å². The average Bonchev–Trinajstić information content (AvgIpc) is 2.96. The molecule has 0 fully saturated rings. The number of nitrogens with zero attached hydrogens (tertiary/aromatic N) is 1. The average molecular weight is 346 g/mol. The SMILES string of the molecule is CN1CCc2sccc2C(Oc2cccc3ccccc23)C1.Cl. The Morgan fingerprint density at radius 2 is 1.91 bits per heavy atom. The monoisotopic (exact) mass is 345 g/mol. The Hall–Kier alpha value is -1.55. The fourth-order valence-electron chi connectivity index (χ4n) is 3.16. The van der Waals surface area contributed by atoms with Crippen molar-refractivity contribution in [2.75, 3.05) is 20.1 Å². The van der Waals surface area contributed by atoms with Crippen molar-refractivity contribution < 1.29 is 4.74 Å². The van der Waals surface area contributed by atoms with E-state index >= 15 is 0 Å². The minimum Gasteiger partial charge on any atom is -0.484 e. The number of hydrogen-bond donors (Lipinski definition) is 0. The lowest BCUT2D eigenvalue weighted by molar-refractivity contribution is 0.158. The zero-order chi connectivity index (χ0) is 14.9. The summed E-state index contributed by atoms with van der Waals surface area (Å²) in [6.45, 7) is 2.04. The Bertz CT molecular complexity index is 795. The van der Waals surface area contributed by atoms with Crippen molar-refractivity contribution in [3.05, 3.63) is 64.4 Å². The Morgan fingerprint density at radius 1 is 1.09 bits per heavy atom. The van der Waals surface area contributed by atoms with Gasteiger partial charge in [0.2, 0.25) is 0 Å². The predicted molar refractivity (Wildman–Crippen MR) is 100 cm³/mol. The summed E-state index contributed by atoms with van der Waals surface area (Å²) < 4.78 is 6.47. The molecule has 0 bridgehead atoms. The molecule has 1 aliphatic heterocycles. The molecular formula is C19H20ClNOS. The van der Waals surface area contributed by atoms with E-state index in [0.717, 1.165) is 25.3 Å². The van der Waals surface area contributed by atoms with Crippen LogP contribution in [-0.2, 0) is 6.42 Å². The van der Waals surface area contributed by atoms with Crippen molar-refractivity contribution in [2.45, 2.75) is 12.5 Å². The Labute approximate surface area is 147 Å². The van der Waals surface area contributed by atoms with Gasteiger partial charge in [-0.25, -0.2) is 0 Å². The van der Waals surface area contributed by atoms with Crippen LogP contribution in [0.5, 0.6) is 5.75 Å². The summed E-state index contributed by atoms with van der Waals surface area (Å²) in [5.41, 5.74) is 1.36. The fourth-order valence-corrected chi connectivity index (χ4v) is 4.08. The van der Waals surface area contributed by atoms with Crippen molar-refractivity contribution in [2.24, 2.45) is 0 Å². The van der Waals surface area contributed by atoms with Gasteiger partial charge in [0.1, 0.15) is 11.9 Å². The van der Waals surface area contributed by atoms with Crippen LogP contribution in [-0.4, -0.2) is 25.0 Å². The van der Waals surface area contributed by atoms with Gasteiger partial charge >= 0.3 is 0 Å². The van der Waals surface area contributed by atoms with Crippen LogP contribution < -0.4 is 4.74 Å². The number of hydrogen-bond acceptors (Lipinski definition) is 3. The normalized spacial score (nSPS) is 18.0. The molecule has 0 aliphatic carbocycles. The van der Waals surface area contributed by atoms with E-state index in [1.807, 2.05) is 11.3 Å². The fraction of sp³-hybridized carbons (Fsp3) is 0.263. The third-order valence-electron chi connectivity index (χ3n) is 4.34. The molecule has 0 N–H and O–H groups in total. The van der Waals surface area contributed by atoms with Gasteiger partial charge in [0.15, 0.2) is 0 Å². The molecule has 120 valence electrons. The Morgan fingerprint density at radius 3 is 2.83 bits per heavy atom. The van der Waals surface area contributed by atoms with Crippen LogP contribution in [0.2, 0.25) is 0 Å². The maximum atomic E-state index is 6.47. The standard InChI is InChI=1S/C19H19NOS.ClH/c1-20-11-9-19-16(10-12-22-19)18(13-20)21-17-8-4-6-14-5-2-3-7-15(14)17;/h2-8,10,12,18H,9,11,13H2,1H3;1H. The second kappa shape index (κ2) is 6.91. The van der Waals surface area contributed by atoms with Gasteiger partial charge in [-0.15, -0.1) is 23.7 Å². The molecule has 1 aromatic heterocycles. The molecule has 2 nitrogen and oxygen atoms in total. The number of ether oxygens (including phenoxy) is 1. The molecule has 0 spiro atoms. The minimum atomic E-state index is 0. The summed E-state index contributed by atoms with van der Waals surface area (Å²) in [5.74, 6) is 0.982. The van der Waals surface area contributed by atoms with E-state index in [0.29, 0.717) is 0 Å².